The van der Waals surface area contributed by atoms with Crippen LogP contribution in [-0.4, -0.2) is 112 Å². The maximum Gasteiger partial charge on any atom is 0.408 e. The molecule has 2 heterocycles. The number of benzene rings is 1. The Bertz CT molecular complexity index is 1670. The van der Waals surface area contributed by atoms with Crippen LogP contribution in [0.2, 0.25) is 0 Å². The van der Waals surface area contributed by atoms with Gasteiger partial charge in [0.15, 0.2) is 0 Å². The third kappa shape index (κ3) is 9.11. The standard InChI is InChI=1S/C34H46N4O12S/c1-33(2,3)50-32(43)35-25-9-7-15-48-14-6-8-20-18-34(20,31(42)37-51(44,45)23-11-12-23)36-28(39)26-16-22(19-38(26)29(25)40)49-30(41)24-13-10-21(46-4)17-27(24)47-5/h6,8,10,13,17,20,22-23,25-26H,7,9,11-12,14-16,18-19H2,1-5H3,(H,35,43)(H,36,39)(H,37,42)/b8-6+. The summed E-state index contributed by atoms with van der Waals surface area (Å²) in [6.45, 7) is 5.21. The van der Waals surface area contributed by atoms with E-state index in [0.29, 0.717) is 25.0 Å². The summed E-state index contributed by atoms with van der Waals surface area (Å²) in [4.78, 5) is 69.4. The van der Waals surface area contributed by atoms with E-state index in [2.05, 4.69) is 15.4 Å². The third-order valence-corrected chi connectivity index (χ3v) is 10.9. The van der Waals surface area contributed by atoms with Crippen molar-refractivity contribution in [3.63, 3.8) is 0 Å². The fourth-order valence-corrected chi connectivity index (χ4v) is 7.56. The number of nitrogens with zero attached hydrogens (tertiary/aromatic N) is 1. The third-order valence-electron chi connectivity index (χ3n) is 9.07. The zero-order chi connectivity index (χ0) is 37.1. The molecular weight excluding hydrogens is 688 g/mol. The lowest BCUT2D eigenvalue weighted by molar-refractivity contribution is -0.141. The number of amides is 4. The first-order chi connectivity index (χ1) is 24.1. The van der Waals surface area contributed by atoms with Crippen molar-refractivity contribution in [1.82, 2.24) is 20.3 Å². The summed E-state index contributed by atoms with van der Waals surface area (Å²) in [5.41, 5.74) is -2.38. The molecule has 3 fully saturated rings. The van der Waals surface area contributed by atoms with Crippen molar-refractivity contribution in [2.45, 2.75) is 93.9 Å². The van der Waals surface area contributed by atoms with Crippen LogP contribution in [0.25, 0.3) is 0 Å². The van der Waals surface area contributed by atoms with E-state index in [-0.39, 0.29) is 50.3 Å². The van der Waals surface area contributed by atoms with E-state index in [9.17, 15) is 32.4 Å². The molecule has 2 aliphatic carbocycles. The molecule has 5 rings (SSSR count). The second-order valence-electron chi connectivity index (χ2n) is 14.1. The molecule has 4 amide bonds. The molecule has 2 saturated carbocycles. The molecule has 4 aliphatic rings. The minimum Gasteiger partial charge on any atom is -0.497 e. The topological polar surface area (TPSA) is 205 Å². The minimum absolute atomic E-state index is 0.0862. The van der Waals surface area contributed by atoms with Crippen molar-refractivity contribution in [2.75, 3.05) is 34.0 Å². The van der Waals surface area contributed by atoms with Gasteiger partial charge < -0.3 is 39.2 Å². The quantitative estimate of drug-likeness (QED) is 0.257. The molecule has 5 atom stereocenters. The fraction of sp³-hybridized carbons (Fsp3) is 0.618. The first-order valence-corrected chi connectivity index (χ1v) is 18.5. The summed E-state index contributed by atoms with van der Waals surface area (Å²) in [5, 5.41) is 4.69. The number of fused-ring (bicyclic) bond motifs is 2. The maximum atomic E-state index is 14.2. The second kappa shape index (κ2) is 15.1. The fourth-order valence-electron chi connectivity index (χ4n) is 6.19. The molecule has 0 bridgehead atoms. The van der Waals surface area contributed by atoms with Gasteiger partial charge in [-0.1, -0.05) is 12.2 Å². The predicted octanol–water partition coefficient (Wildman–Crippen LogP) is 1.57. The van der Waals surface area contributed by atoms with Crippen LogP contribution in [0.4, 0.5) is 4.79 Å². The Labute approximate surface area is 296 Å². The van der Waals surface area contributed by atoms with E-state index < -0.39 is 80.3 Å². The van der Waals surface area contributed by atoms with Gasteiger partial charge in [-0.2, -0.15) is 0 Å². The number of hydrogen-bond acceptors (Lipinski definition) is 12. The highest BCUT2D eigenvalue weighted by Crippen LogP contribution is 2.46. The lowest BCUT2D eigenvalue weighted by atomic mass is 10.1. The molecular formula is C34H46N4O12S. The molecule has 3 N–H and O–H groups in total. The largest absolute Gasteiger partial charge is 0.497 e. The maximum absolute atomic E-state index is 14.2. The smallest absolute Gasteiger partial charge is 0.408 e. The number of esters is 1. The van der Waals surface area contributed by atoms with Crippen molar-refractivity contribution in [3.05, 3.63) is 35.9 Å². The Hall–Kier alpha value is -4.38. The second-order valence-corrected chi connectivity index (χ2v) is 16.1. The average molecular weight is 735 g/mol. The molecule has 1 aromatic rings. The normalized spacial score (nSPS) is 27.7. The van der Waals surface area contributed by atoms with Crippen LogP contribution in [0, 0.1) is 5.92 Å². The van der Waals surface area contributed by atoms with Crippen LogP contribution in [0.3, 0.4) is 0 Å². The van der Waals surface area contributed by atoms with Crippen molar-refractivity contribution in [1.29, 1.82) is 0 Å². The number of rotatable bonds is 8. The van der Waals surface area contributed by atoms with E-state index in [0.717, 1.165) is 0 Å². The number of ether oxygens (including phenoxy) is 5. The van der Waals surface area contributed by atoms with Crippen LogP contribution < -0.4 is 24.8 Å². The van der Waals surface area contributed by atoms with Gasteiger partial charge in [0, 0.05) is 25.0 Å². The number of carbonyl (C=O) groups excluding carboxylic acids is 5. The Balaban J connectivity index is 1.44. The minimum atomic E-state index is -3.94. The van der Waals surface area contributed by atoms with E-state index in [1.54, 1.807) is 39.0 Å². The van der Waals surface area contributed by atoms with E-state index in [1.807, 2.05) is 0 Å². The van der Waals surface area contributed by atoms with Gasteiger partial charge in [-0.3, -0.25) is 19.1 Å². The number of carbonyl (C=O) groups is 5. The SMILES string of the molecule is COc1ccc(C(=O)OC2CC3C(=O)NC4(C(=O)NS(=O)(=O)C5CC5)CC4/C=C/COCCCC(NC(=O)OC(C)(C)C)C(=O)N3C2)c(OC)c1. The predicted molar refractivity (Wildman–Crippen MR) is 180 cm³/mol. The number of alkyl carbamates (subject to hydrolysis) is 1. The summed E-state index contributed by atoms with van der Waals surface area (Å²) in [6.07, 6.45) is 2.88. The Morgan fingerprint density at radius 2 is 1.82 bits per heavy atom. The molecule has 280 valence electrons. The summed E-state index contributed by atoms with van der Waals surface area (Å²) >= 11 is 0. The molecule has 0 aromatic heterocycles. The molecule has 5 unspecified atom stereocenters. The van der Waals surface area contributed by atoms with Crippen molar-refractivity contribution in [2.24, 2.45) is 5.92 Å². The van der Waals surface area contributed by atoms with Gasteiger partial charge in [-0.15, -0.1) is 0 Å². The van der Waals surface area contributed by atoms with Crippen LogP contribution in [0.1, 0.15) is 69.7 Å². The zero-order valence-electron chi connectivity index (χ0n) is 29.4. The Morgan fingerprint density at radius 3 is 2.49 bits per heavy atom. The summed E-state index contributed by atoms with van der Waals surface area (Å²) in [6, 6.07) is 2.13. The summed E-state index contributed by atoms with van der Waals surface area (Å²) in [5.74, 6) is -2.96. The first kappa shape index (κ1) is 37.9. The highest BCUT2D eigenvalue weighted by Gasteiger charge is 2.62. The van der Waals surface area contributed by atoms with Gasteiger partial charge in [-0.05, 0) is 65.0 Å². The highest BCUT2D eigenvalue weighted by molar-refractivity contribution is 7.91. The van der Waals surface area contributed by atoms with Crippen molar-refractivity contribution in [3.8, 4) is 11.5 Å². The Morgan fingerprint density at radius 1 is 1.08 bits per heavy atom. The van der Waals surface area contributed by atoms with Gasteiger partial charge in [0.1, 0.15) is 46.4 Å². The molecule has 2 aliphatic heterocycles. The van der Waals surface area contributed by atoms with Crippen molar-refractivity contribution < 1.29 is 56.1 Å². The first-order valence-electron chi connectivity index (χ1n) is 16.9. The molecule has 1 aromatic carbocycles. The van der Waals surface area contributed by atoms with Gasteiger partial charge in [0.25, 0.3) is 5.91 Å². The monoisotopic (exact) mass is 734 g/mol. The van der Waals surface area contributed by atoms with Crippen LogP contribution in [0.5, 0.6) is 11.5 Å². The Kier molecular flexibility index (Phi) is 11.2. The van der Waals surface area contributed by atoms with Crippen LogP contribution in [-0.2, 0) is 38.6 Å². The van der Waals surface area contributed by atoms with E-state index >= 15 is 0 Å². The van der Waals surface area contributed by atoms with Gasteiger partial charge in [-0.25, -0.2) is 18.0 Å². The van der Waals surface area contributed by atoms with Gasteiger partial charge >= 0.3 is 12.1 Å². The van der Waals surface area contributed by atoms with Crippen LogP contribution in [0.15, 0.2) is 30.4 Å². The molecule has 0 radical (unpaired) electrons. The van der Waals surface area contributed by atoms with Gasteiger partial charge in [0.2, 0.25) is 21.8 Å². The number of methoxy groups -OCH3 is 2. The summed E-state index contributed by atoms with van der Waals surface area (Å²) < 4.78 is 55.0. The number of nitrogens with one attached hydrogen (secondary N) is 3. The van der Waals surface area contributed by atoms with E-state index in [1.165, 1.54) is 31.3 Å². The molecule has 1 saturated heterocycles. The number of hydrogen-bond donors (Lipinski definition) is 3. The lowest BCUT2D eigenvalue weighted by Gasteiger charge is -2.30. The van der Waals surface area contributed by atoms with E-state index in [4.69, 9.17) is 23.7 Å². The average Bonchev–Trinajstić information content (AvgIpc) is 3.99. The van der Waals surface area contributed by atoms with Gasteiger partial charge in [0.05, 0.1) is 32.6 Å². The molecule has 0 spiro atoms. The molecule has 17 heteroatoms. The van der Waals surface area contributed by atoms with Crippen molar-refractivity contribution >= 4 is 39.8 Å². The number of sulfonamides is 1. The molecule has 51 heavy (non-hydrogen) atoms. The highest BCUT2D eigenvalue weighted by atomic mass is 32.2. The van der Waals surface area contributed by atoms with Crippen LogP contribution >= 0.6 is 0 Å². The zero-order valence-corrected chi connectivity index (χ0v) is 30.2. The molecule has 16 nitrogen and oxygen atoms in total. The lowest BCUT2D eigenvalue weighted by Crippen LogP contribution is -2.58. The summed E-state index contributed by atoms with van der Waals surface area (Å²) in [7, 11) is -1.09.